The van der Waals surface area contributed by atoms with Gasteiger partial charge in [-0.2, -0.15) is 0 Å². The fourth-order valence-electron chi connectivity index (χ4n) is 2.97. The van der Waals surface area contributed by atoms with Crippen LogP contribution in [0, 0.1) is 5.41 Å². The Morgan fingerprint density at radius 1 is 1.36 bits per heavy atom. The summed E-state index contributed by atoms with van der Waals surface area (Å²) in [5.41, 5.74) is 2.01. The third-order valence-electron chi connectivity index (χ3n) is 4.65. The maximum atomic E-state index is 12.0. The molecule has 5 heteroatoms. The zero-order chi connectivity index (χ0) is 16.2. The third kappa shape index (κ3) is 3.91. The van der Waals surface area contributed by atoms with Gasteiger partial charge in [-0.15, -0.1) is 0 Å². The summed E-state index contributed by atoms with van der Waals surface area (Å²) in [6, 6.07) is 7.99. The van der Waals surface area contributed by atoms with Crippen LogP contribution in [0.2, 0.25) is 0 Å². The minimum Gasteiger partial charge on any atom is -0.396 e. The van der Waals surface area contributed by atoms with Crippen LogP contribution in [0.15, 0.2) is 24.3 Å². The maximum absolute atomic E-state index is 12.0. The predicted molar refractivity (Wildman–Crippen MR) is 89.0 cm³/mol. The van der Waals surface area contributed by atoms with Gasteiger partial charge in [0, 0.05) is 37.8 Å². The highest BCUT2D eigenvalue weighted by Gasteiger charge is 2.39. The summed E-state index contributed by atoms with van der Waals surface area (Å²) in [5, 5.41) is 15.4. The quantitative estimate of drug-likeness (QED) is 0.780. The summed E-state index contributed by atoms with van der Waals surface area (Å²) in [6.45, 7) is 2.65. The van der Waals surface area contributed by atoms with E-state index in [0.29, 0.717) is 6.54 Å². The Balaban J connectivity index is 1.83. The lowest BCUT2D eigenvalue weighted by atomic mass is 9.86. The number of nitrogens with zero attached hydrogens (tertiary/aromatic N) is 1. The number of amides is 2. The summed E-state index contributed by atoms with van der Waals surface area (Å²) in [4.78, 5) is 14.1. The zero-order valence-electron chi connectivity index (χ0n) is 13.7. The summed E-state index contributed by atoms with van der Waals surface area (Å²) >= 11 is 0. The van der Waals surface area contributed by atoms with Gasteiger partial charge in [0.2, 0.25) is 0 Å². The Hall–Kier alpha value is -1.75. The Bertz CT molecular complexity index is 501. The lowest BCUT2D eigenvalue weighted by Crippen LogP contribution is -2.48. The maximum Gasteiger partial charge on any atom is 0.315 e. The highest BCUT2D eigenvalue weighted by molar-refractivity contribution is 5.74. The first-order chi connectivity index (χ1) is 10.4. The first kappa shape index (κ1) is 16.6. The lowest BCUT2D eigenvalue weighted by molar-refractivity contribution is 0.121. The Kier molecular flexibility index (Phi) is 5.29. The van der Waals surface area contributed by atoms with Crippen LogP contribution in [0.1, 0.15) is 31.7 Å². The number of benzene rings is 1. The number of carbonyl (C=O) groups excluding carboxylic acids is 1. The van der Waals surface area contributed by atoms with Gasteiger partial charge in [-0.05, 0) is 30.5 Å². The minimum atomic E-state index is -0.190. The number of rotatable bonds is 5. The number of hydrogen-bond acceptors (Lipinski definition) is 3. The van der Waals surface area contributed by atoms with Crippen molar-refractivity contribution >= 4 is 11.7 Å². The number of anilines is 1. The molecule has 0 spiro atoms. The molecule has 2 rings (SSSR count). The molecule has 122 valence electrons. The largest absolute Gasteiger partial charge is 0.396 e. The van der Waals surface area contributed by atoms with Gasteiger partial charge in [-0.1, -0.05) is 25.5 Å². The first-order valence-electron chi connectivity index (χ1n) is 7.86. The molecule has 2 unspecified atom stereocenters. The van der Waals surface area contributed by atoms with Gasteiger partial charge in [-0.3, -0.25) is 0 Å². The van der Waals surface area contributed by atoms with Gasteiger partial charge >= 0.3 is 6.03 Å². The van der Waals surface area contributed by atoms with E-state index in [9.17, 15) is 9.90 Å². The fraction of sp³-hybridized carbons (Fsp3) is 0.588. The van der Waals surface area contributed by atoms with Gasteiger partial charge in [0.25, 0.3) is 0 Å². The molecule has 0 radical (unpaired) electrons. The van der Waals surface area contributed by atoms with Crippen LogP contribution in [0.5, 0.6) is 0 Å². The Morgan fingerprint density at radius 3 is 2.64 bits per heavy atom. The van der Waals surface area contributed by atoms with Crippen LogP contribution < -0.4 is 15.5 Å². The average molecular weight is 305 g/mol. The molecule has 3 N–H and O–H groups in total. The first-order valence-corrected chi connectivity index (χ1v) is 7.86. The van der Waals surface area contributed by atoms with E-state index in [1.165, 1.54) is 0 Å². The topological polar surface area (TPSA) is 64.6 Å². The van der Waals surface area contributed by atoms with Gasteiger partial charge in [0.05, 0.1) is 6.61 Å². The lowest BCUT2D eigenvalue weighted by Gasteiger charge is -2.30. The van der Waals surface area contributed by atoms with Crippen molar-refractivity contribution in [1.82, 2.24) is 10.6 Å². The van der Waals surface area contributed by atoms with E-state index >= 15 is 0 Å². The van der Waals surface area contributed by atoms with Crippen molar-refractivity contribution in [3.8, 4) is 0 Å². The molecule has 22 heavy (non-hydrogen) atoms. The number of hydrogen-bond donors (Lipinski definition) is 3. The smallest absolute Gasteiger partial charge is 0.315 e. The molecule has 0 aromatic heterocycles. The van der Waals surface area contributed by atoms with E-state index in [2.05, 4.69) is 10.6 Å². The second kappa shape index (κ2) is 7.01. The van der Waals surface area contributed by atoms with E-state index in [0.717, 1.165) is 30.5 Å². The third-order valence-corrected chi connectivity index (χ3v) is 4.65. The van der Waals surface area contributed by atoms with E-state index in [1.54, 1.807) is 0 Å². The Labute approximate surface area is 132 Å². The molecule has 5 nitrogen and oxygen atoms in total. The van der Waals surface area contributed by atoms with Gasteiger partial charge < -0.3 is 20.6 Å². The molecule has 0 heterocycles. The summed E-state index contributed by atoms with van der Waals surface area (Å²) < 4.78 is 0. The number of aliphatic hydroxyl groups is 1. The fourth-order valence-corrected chi connectivity index (χ4v) is 2.97. The zero-order valence-corrected chi connectivity index (χ0v) is 13.7. The summed E-state index contributed by atoms with van der Waals surface area (Å²) in [5.74, 6) is 0. The molecule has 0 aliphatic heterocycles. The number of nitrogens with one attached hydrogen (secondary N) is 2. The van der Waals surface area contributed by atoms with E-state index in [1.807, 2.05) is 50.2 Å². The predicted octanol–water partition coefficient (Wildman–Crippen LogP) is 2.10. The molecule has 1 aliphatic carbocycles. The molecule has 1 aromatic rings. The molecule has 2 amide bonds. The monoisotopic (exact) mass is 305 g/mol. The molecule has 0 saturated heterocycles. The van der Waals surface area contributed by atoms with Gasteiger partial charge in [0.15, 0.2) is 0 Å². The van der Waals surface area contributed by atoms with Crippen molar-refractivity contribution in [1.29, 1.82) is 0 Å². The van der Waals surface area contributed by atoms with Crippen molar-refractivity contribution in [2.75, 3.05) is 25.6 Å². The minimum absolute atomic E-state index is 0.0496. The molecule has 1 aliphatic rings. The van der Waals surface area contributed by atoms with Crippen molar-refractivity contribution in [2.45, 2.75) is 38.8 Å². The van der Waals surface area contributed by atoms with E-state index in [-0.39, 0.29) is 24.1 Å². The van der Waals surface area contributed by atoms with Crippen LogP contribution in [0.4, 0.5) is 10.5 Å². The SMILES string of the molecule is CN(C)c1ccc(CNC(=O)NC2CCCC2(C)CO)cc1. The van der Waals surface area contributed by atoms with Crippen LogP contribution in [-0.2, 0) is 6.54 Å². The molecular weight excluding hydrogens is 278 g/mol. The molecule has 1 saturated carbocycles. The normalized spacial score (nSPS) is 24.1. The van der Waals surface area contributed by atoms with Crippen molar-refractivity contribution in [2.24, 2.45) is 5.41 Å². The second-order valence-corrected chi connectivity index (χ2v) is 6.64. The van der Waals surface area contributed by atoms with Crippen LogP contribution in [-0.4, -0.2) is 37.9 Å². The van der Waals surface area contributed by atoms with Crippen molar-refractivity contribution in [3.63, 3.8) is 0 Å². The van der Waals surface area contributed by atoms with Crippen LogP contribution in [0.25, 0.3) is 0 Å². The highest BCUT2D eigenvalue weighted by Crippen LogP contribution is 2.37. The number of aliphatic hydroxyl groups excluding tert-OH is 1. The van der Waals surface area contributed by atoms with Gasteiger partial charge in [-0.25, -0.2) is 4.79 Å². The average Bonchev–Trinajstić information content (AvgIpc) is 2.87. The van der Waals surface area contributed by atoms with E-state index < -0.39 is 0 Å². The summed E-state index contributed by atoms with van der Waals surface area (Å²) in [7, 11) is 4.00. The molecule has 1 aromatic carbocycles. The molecular formula is C17H27N3O2. The molecule has 1 fully saturated rings. The van der Waals surface area contributed by atoms with E-state index in [4.69, 9.17) is 0 Å². The number of carbonyl (C=O) groups is 1. The molecule has 0 bridgehead atoms. The highest BCUT2D eigenvalue weighted by atomic mass is 16.3. The van der Waals surface area contributed by atoms with Crippen molar-refractivity contribution < 1.29 is 9.90 Å². The van der Waals surface area contributed by atoms with Crippen LogP contribution >= 0.6 is 0 Å². The summed E-state index contributed by atoms with van der Waals surface area (Å²) in [6.07, 6.45) is 2.94. The van der Waals surface area contributed by atoms with Crippen molar-refractivity contribution in [3.05, 3.63) is 29.8 Å². The Morgan fingerprint density at radius 2 is 2.05 bits per heavy atom. The number of urea groups is 1. The van der Waals surface area contributed by atoms with Crippen LogP contribution in [0.3, 0.4) is 0 Å². The molecule has 2 atom stereocenters. The standard InChI is InChI=1S/C17H27N3O2/c1-17(12-21)10-4-5-15(17)19-16(22)18-11-13-6-8-14(9-7-13)20(2)3/h6-9,15,21H,4-5,10-12H2,1-3H3,(H2,18,19,22). The van der Waals surface area contributed by atoms with Gasteiger partial charge in [0.1, 0.15) is 0 Å². The second-order valence-electron chi connectivity index (χ2n) is 6.64.